The lowest BCUT2D eigenvalue weighted by Gasteiger charge is -1.70. The maximum absolute atomic E-state index is 5.38. The van der Waals surface area contributed by atoms with E-state index in [-0.39, 0.29) is 0 Å². The molecule has 0 aromatic rings. The SMILES string of the molecule is ClC1=NS[C]C1. The van der Waals surface area contributed by atoms with Gasteiger partial charge in [-0.3, -0.25) is 0 Å². The van der Waals surface area contributed by atoms with Crippen LogP contribution in [0.5, 0.6) is 0 Å². The molecule has 1 aliphatic heterocycles. The maximum Gasteiger partial charge on any atom is 0.116 e. The van der Waals surface area contributed by atoms with Gasteiger partial charge in [0.05, 0.1) is 5.75 Å². The summed E-state index contributed by atoms with van der Waals surface area (Å²) in [5.74, 6) is 2.85. The van der Waals surface area contributed by atoms with E-state index in [9.17, 15) is 0 Å². The Balaban J connectivity index is 2.45. The third-order valence-corrected chi connectivity index (χ3v) is 1.33. The number of hydrogen-bond donors (Lipinski definition) is 0. The molecule has 0 unspecified atom stereocenters. The summed E-state index contributed by atoms with van der Waals surface area (Å²) in [6.45, 7) is 0. The van der Waals surface area contributed by atoms with Crippen LogP contribution in [0.3, 0.4) is 0 Å². The van der Waals surface area contributed by atoms with E-state index in [1.165, 1.54) is 11.9 Å². The Morgan fingerprint density at radius 3 is 3.00 bits per heavy atom. The first-order valence-corrected chi connectivity index (χ1v) is 2.66. The van der Waals surface area contributed by atoms with Gasteiger partial charge in [0.15, 0.2) is 0 Å². The van der Waals surface area contributed by atoms with Crippen molar-refractivity contribution < 1.29 is 0 Å². The van der Waals surface area contributed by atoms with Crippen LogP contribution in [0.1, 0.15) is 6.42 Å². The van der Waals surface area contributed by atoms with Crippen LogP contribution < -0.4 is 0 Å². The third-order valence-electron chi connectivity index (χ3n) is 0.427. The molecule has 1 rings (SSSR count). The molecule has 0 aromatic heterocycles. The average molecular weight is 120 g/mol. The first-order valence-electron chi connectivity index (χ1n) is 1.51. The van der Waals surface area contributed by atoms with E-state index in [4.69, 9.17) is 11.6 Å². The predicted molar refractivity (Wildman–Crippen MR) is 28.7 cm³/mol. The maximum atomic E-state index is 5.38. The summed E-state index contributed by atoms with van der Waals surface area (Å²) < 4.78 is 3.72. The quantitative estimate of drug-likeness (QED) is 0.443. The molecule has 0 aliphatic carbocycles. The highest BCUT2D eigenvalue weighted by Gasteiger charge is 2.01. The second-order valence-electron chi connectivity index (χ2n) is 0.880. The summed E-state index contributed by atoms with van der Waals surface area (Å²) in [6, 6.07) is 0. The van der Waals surface area contributed by atoms with E-state index >= 15 is 0 Å². The number of nitrogens with zero attached hydrogens (tertiary/aromatic N) is 1. The minimum atomic E-state index is 0.653. The molecular weight excluding hydrogens is 118 g/mol. The predicted octanol–water partition coefficient (Wildman–Crippen LogP) is 1.71. The summed E-state index contributed by atoms with van der Waals surface area (Å²) in [5, 5.41) is 0.653. The van der Waals surface area contributed by atoms with Crippen LogP contribution in [-0.4, -0.2) is 5.17 Å². The Bertz CT molecular complexity index is 80.9. The molecule has 0 aromatic carbocycles. The smallest absolute Gasteiger partial charge is 0.116 e. The van der Waals surface area contributed by atoms with E-state index in [2.05, 4.69) is 10.2 Å². The highest BCUT2D eigenvalue weighted by Crippen LogP contribution is 2.20. The van der Waals surface area contributed by atoms with Crippen molar-refractivity contribution in [3.63, 3.8) is 0 Å². The van der Waals surface area contributed by atoms with Crippen molar-refractivity contribution in [2.24, 2.45) is 4.40 Å². The molecule has 0 fully saturated rings. The second kappa shape index (κ2) is 1.85. The second-order valence-corrected chi connectivity index (χ2v) is 1.97. The zero-order valence-electron chi connectivity index (χ0n) is 2.94. The highest BCUT2D eigenvalue weighted by molar-refractivity contribution is 8.00. The fourth-order valence-electron chi connectivity index (χ4n) is 0.206. The summed E-state index contributed by atoms with van der Waals surface area (Å²) in [7, 11) is 0. The van der Waals surface area contributed by atoms with Crippen molar-refractivity contribution in [2.75, 3.05) is 0 Å². The summed E-state index contributed by atoms with van der Waals surface area (Å²) in [5.41, 5.74) is 0. The Kier molecular flexibility index (Phi) is 1.37. The van der Waals surface area contributed by atoms with Gasteiger partial charge in [0, 0.05) is 6.42 Å². The number of halogens is 1. The first-order chi connectivity index (χ1) is 2.89. The Morgan fingerprint density at radius 2 is 2.83 bits per heavy atom. The molecule has 0 atom stereocenters. The van der Waals surface area contributed by atoms with Crippen molar-refractivity contribution in [3.05, 3.63) is 5.75 Å². The minimum absolute atomic E-state index is 0.653. The largest absolute Gasteiger partial charge is 0.208 e. The van der Waals surface area contributed by atoms with Crippen LogP contribution in [0, 0.1) is 5.75 Å². The summed E-state index contributed by atoms with van der Waals surface area (Å²) in [6.07, 6.45) is 0.715. The van der Waals surface area contributed by atoms with E-state index < -0.39 is 0 Å². The van der Waals surface area contributed by atoms with Gasteiger partial charge in [0.25, 0.3) is 0 Å². The van der Waals surface area contributed by atoms with Gasteiger partial charge in [-0.15, -0.1) is 0 Å². The molecule has 32 valence electrons. The topological polar surface area (TPSA) is 12.4 Å². The molecule has 3 heteroatoms. The molecule has 0 saturated heterocycles. The van der Waals surface area contributed by atoms with Crippen LogP contribution in [-0.2, 0) is 0 Å². The van der Waals surface area contributed by atoms with Crippen LogP contribution in [0.25, 0.3) is 0 Å². The van der Waals surface area contributed by atoms with Crippen molar-refractivity contribution in [2.45, 2.75) is 6.42 Å². The molecule has 1 aliphatic rings. The number of rotatable bonds is 0. The molecule has 0 saturated carbocycles. The Labute approximate surface area is 45.9 Å². The normalized spacial score (nSPS) is 21.2. The van der Waals surface area contributed by atoms with Crippen LogP contribution >= 0.6 is 23.5 Å². The minimum Gasteiger partial charge on any atom is -0.208 e. The fourth-order valence-corrected chi connectivity index (χ4v) is 0.885. The van der Waals surface area contributed by atoms with Crippen LogP contribution in [0.15, 0.2) is 4.40 Å². The van der Waals surface area contributed by atoms with Gasteiger partial charge in [-0.05, 0) is 11.9 Å². The van der Waals surface area contributed by atoms with Crippen molar-refractivity contribution in [1.82, 2.24) is 0 Å². The Morgan fingerprint density at radius 1 is 2.00 bits per heavy atom. The third kappa shape index (κ3) is 0.884. The monoisotopic (exact) mass is 119 g/mol. The van der Waals surface area contributed by atoms with Gasteiger partial charge in [0.1, 0.15) is 5.17 Å². The standard InChI is InChI=1S/C3H2ClNS/c4-3-1-2-6-5-3/h1H2. The molecule has 0 bridgehead atoms. The van der Waals surface area contributed by atoms with Crippen molar-refractivity contribution in [1.29, 1.82) is 0 Å². The van der Waals surface area contributed by atoms with E-state index in [0.717, 1.165) is 0 Å². The van der Waals surface area contributed by atoms with Crippen molar-refractivity contribution >= 4 is 28.7 Å². The Hall–Kier alpha value is 0.310. The van der Waals surface area contributed by atoms with E-state index in [0.29, 0.717) is 11.6 Å². The highest BCUT2D eigenvalue weighted by atomic mass is 35.5. The average Bonchev–Trinajstić information content (AvgIpc) is 1.86. The first kappa shape index (κ1) is 4.47. The molecule has 2 radical (unpaired) electrons. The zero-order chi connectivity index (χ0) is 4.41. The van der Waals surface area contributed by atoms with Gasteiger partial charge in [-0.25, -0.2) is 4.40 Å². The lowest BCUT2D eigenvalue weighted by molar-refractivity contribution is 1.53. The fraction of sp³-hybridized carbons (Fsp3) is 0.333. The van der Waals surface area contributed by atoms with E-state index in [1.807, 2.05) is 0 Å². The lowest BCUT2D eigenvalue weighted by atomic mass is 10.5. The molecule has 0 N–H and O–H groups in total. The van der Waals surface area contributed by atoms with Gasteiger partial charge in [-0.1, -0.05) is 11.6 Å². The summed E-state index contributed by atoms with van der Waals surface area (Å²) >= 11 is 6.67. The molecule has 1 nitrogen and oxygen atoms in total. The van der Waals surface area contributed by atoms with E-state index in [1.54, 1.807) is 0 Å². The lowest BCUT2D eigenvalue weighted by Crippen LogP contribution is -1.72. The molecule has 0 spiro atoms. The van der Waals surface area contributed by atoms with Gasteiger partial charge in [-0.2, -0.15) is 0 Å². The van der Waals surface area contributed by atoms with Gasteiger partial charge >= 0.3 is 0 Å². The van der Waals surface area contributed by atoms with Gasteiger partial charge in [0.2, 0.25) is 0 Å². The zero-order valence-corrected chi connectivity index (χ0v) is 4.51. The molecule has 1 heterocycles. The van der Waals surface area contributed by atoms with Crippen LogP contribution in [0.4, 0.5) is 0 Å². The molecule has 0 amide bonds. The molecule has 6 heavy (non-hydrogen) atoms. The summed E-state index contributed by atoms with van der Waals surface area (Å²) in [4.78, 5) is 0. The number of hydrogen-bond acceptors (Lipinski definition) is 2. The molecular formula is C3H2ClNS. The van der Waals surface area contributed by atoms with Crippen LogP contribution in [0.2, 0.25) is 0 Å². The van der Waals surface area contributed by atoms with Gasteiger partial charge < -0.3 is 0 Å². The van der Waals surface area contributed by atoms with Crippen molar-refractivity contribution in [3.8, 4) is 0 Å².